The number of benzene rings is 1. The summed E-state index contributed by atoms with van der Waals surface area (Å²) in [6, 6.07) is 5.96. The van der Waals surface area contributed by atoms with Crippen LogP contribution in [0.4, 0.5) is 5.69 Å². The number of nitrogens with two attached hydrogens (primary N) is 2. The molecule has 1 fully saturated rings. The topological polar surface area (TPSA) is 101 Å². The van der Waals surface area contributed by atoms with E-state index in [1.807, 2.05) is 0 Å². The molecule has 2 atom stereocenters. The summed E-state index contributed by atoms with van der Waals surface area (Å²) in [5, 5.41) is 3.25. The van der Waals surface area contributed by atoms with Crippen molar-refractivity contribution in [1.29, 1.82) is 0 Å². The van der Waals surface area contributed by atoms with E-state index in [0.717, 1.165) is 4.67 Å². The number of amides is 1. The SMILES string of the molecule is N[C@H]1CCCN(P(N)(=O)Nc2ccc(Cl)cc2)C1=O. The molecule has 0 bridgehead atoms. The lowest BCUT2D eigenvalue weighted by Gasteiger charge is -2.34. The largest absolute Gasteiger partial charge is 0.330 e. The number of carbonyl (C=O) groups is 1. The molecule has 1 heterocycles. The number of nitrogens with zero attached hydrogens (tertiary/aromatic N) is 1. The maximum atomic E-state index is 12.5. The van der Waals surface area contributed by atoms with Crippen LogP contribution in [0.5, 0.6) is 0 Å². The van der Waals surface area contributed by atoms with Crippen molar-refractivity contribution in [2.45, 2.75) is 18.9 Å². The summed E-state index contributed by atoms with van der Waals surface area (Å²) < 4.78 is 13.6. The number of anilines is 1. The zero-order valence-corrected chi connectivity index (χ0v) is 11.9. The molecule has 1 aliphatic rings. The van der Waals surface area contributed by atoms with Crippen LogP contribution in [0.2, 0.25) is 5.02 Å². The van der Waals surface area contributed by atoms with E-state index in [1.54, 1.807) is 24.3 Å². The van der Waals surface area contributed by atoms with Gasteiger partial charge in [-0.15, -0.1) is 0 Å². The zero-order chi connectivity index (χ0) is 14.0. The summed E-state index contributed by atoms with van der Waals surface area (Å²) in [5.41, 5.74) is 12.0. The summed E-state index contributed by atoms with van der Waals surface area (Å²) in [5.74, 6) is -0.376. The first-order valence-electron chi connectivity index (χ1n) is 5.90. The first-order valence-corrected chi connectivity index (χ1v) is 8.01. The third kappa shape index (κ3) is 3.28. The molecule has 2 rings (SSSR count). The molecule has 19 heavy (non-hydrogen) atoms. The molecule has 0 radical (unpaired) electrons. The van der Waals surface area contributed by atoms with Crippen molar-refractivity contribution >= 4 is 30.8 Å². The Labute approximate surface area is 116 Å². The van der Waals surface area contributed by atoms with Crippen LogP contribution in [0.15, 0.2) is 24.3 Å². The Balaban J connectivity index is 2.15. The normalized spacial score (nSPS) is 23.0. The first kappa shape index (κ1) is 14.3. The predicted molar refractivity (Wildman–Crippen MR) is 75.8 cm³/mol. The molecule has 1 aromatic carbocycles. The van der Waals surface area contributed by atoms with Crippen LogP contribution in [-0.4, -0.2) is 23.2 Å². The summed E-state index contributed by atoms with van der Waals surface area (Å²) in [6.07, 6.45) is 1.28. The first-order chi connectivity index (χ1) is 8.90. The van der Waals surface area contributed by atoms with Gasteiger partial charge in [-0.25, -0.2) is 5.50 Å². The van der Waals surface area contributed by atoms with Gasteiger partial charge in [-0.1, -0.05) is 11.6 Å². The quantitative estimate of drug-likeness (QED) is 0.739. The van der Waals surface area contributed by atoms with Crippen LogP contribution < -0.4 is 16.3 Å². The van der Waals surface area contributed by atoms with E-state index in [2.05, 4.69) is 5.09 Å². The molecule has 1 unspecified atom stereocenters. The number of piperidine rings is 1. The molecule has 0 spiro atoms. The molecule has 0 saturated carbocycles. The third-order valence-corrected chi connectivity index (χ3v) is 4.89. The molecule has 0 aromatic heterocycles. The minimum atomic E-state index is -3.49. The number of hydrogen-bond donors (Lipinski definition) is 3. The molecular formula is C11H16ClN4O2P. The monoisotopic (exact) mass is 302 g/mol. The van der Waals surface area contributed by atoms with Crippen molar-refractivity contribution in [3.8, 4) is 0 Å². The Morgan fingerprint density at radius 3 is 2.63 bits per heavy atom. The van der Waals surface area contributed by atoms with Gasteiger partial charge in [0.15, 0.2) is 0 Å². The highest BCUT2D eigenvalue weighted by molar-refractivity contribution is 7.61. The summed E-state index contributed by atoms with van der Waals surface area (Å²) in [4.78, 5) is 11.9. The van der Waals surface area contributed by atoms with Crippen LogP contribution in [-0.2, 0) is 9.36 Å². The fraction of sp³-hybridized carbons (Fsp3) is 0.364. The van der Waals surface area contributed by atoms with E-state index in [4.69, 9.17) is 22.8 Å². The van der Waals surface area contributed by atoms with Crippen LogP contribution >= 0.6 is 19.2 Å². The van der Waals surface area contributed by atoms with Gasteiger partial charge in [0.25, 0.3) is 0 Å². The highest BCUT2D eigenvalue weighted by atomic mass is 35.5. The average molecular weight is 303 g/mol. The van der Waals surface area contributed by atoms with Crippen LogP contribution in [0, 0.1) is 0 Å². The Hall–Kier alpha value is -1.07. The number of rotatable bonds is 3. The fourth-order valence-corrected chi connectivity index (χ4v) is 3.60. The molecule has 6 nitrogen and oxygen atoms in total. The molecule has 0 aliphatic carbocycles. The van der Waals surface area contributed by atoms with Gasteiger partial charge < -0.3 is 10.8 Å². The van der Waals surface area contributed by atoms with E-state index >= 15 is 0 Å². The standard InChI is InChI=1S/C11H16ClN4O2P/c12-8-3-5-9(6-4-8)15-19(14,18)16-7-1-2-10(13)11(16)17/h3-6,10H,1-2,7,13H2,(H3,14,15,18)/t10-,19?/m0/s1. The highest BCUT2D eigenvalue weighted by Gasteiger charge is 2.36. The summed E-state index contributed by atoms with van der Waals surface area (Å²) in [7, 11) is -3.49. The molecule has 104 valence electrons. The number of nitrogens with one attached hydrogen (secondary N) is 1. The van der Waals surface area contributed by atoms with E-state index in [1.165, 1.54) is 0 Å². The fourth-order valence-electron chi connectivity index (χ4n) is 1.95. The second kappa shape index (κ2) is 5.51. The average Bonchev–Trinajstić information content (AvgIpc) is 2.35. The predicted octanol–water partition coefficient (Wildman–Crippen LogP) is 1.77. The number of hydrogen-bond acceptors (Lipinski definition) is 3. The zero-order valence-electron chi connectivity index (χ0n) is 10.3. The maximum absolute atomic E-state index is 12.5. The van der Waals surface area contributed by atoms with Crippen molar-refractivity contribution in [1.82, 2.24) is 4.67 Å². The number of carbonyl (C=O) groups excluding carboxylic acids is 1. The molecular weight excluding hydrogens is 287 g/mol. The van der Waals surface area contributed by atoms with Gasteiger partial charge in [0, 0.05) is 17.3 Å². The highest BCUT2D eigenvalue weighted by Crippen LogP contribution is 2.43. The van der Waals surface area contributed by atoms with Crippen LogP contribution in [0.1, 0.15) is 12.8 Å². The number of halogens is 1. The third-order valence-electron chi connectivity index (χ3n) is 2.95. The van der Waals surface area contributed by atoms with Crippen molar-refractivity contribution in [2.24, 2.45) is 11.2 Å². The van der Waals surface area contributed by atoms with Crippen molar-refractivity contribution in [3.63, 3.8) is 0 Å². The van der Waals surface area contributed by atoms with E-state index in [9.17, 15) is 9.36 Å². The van der Waals surface area contributed by atoms with Gasteiger partial charge in [0.2, 0.25) is 5.91 Å². The van der Waals surface area contributed by atoms with Crippen molar-refractivity contribution in [2.75, 3.05) is 11.6 Å². The second-order valence-electron chi connectivity index (χ2n) is 4.45. The molecule has 5 N–H and O–H groups in total. The molecule has 1 aliphatic heterocycles. The van der Waals surface area contributed by atoms with Crippen molar-refractivity contribution in [3.05, 3.63) is 29.3 Å². The summed E-state index contributed by atoms with van der Waals surface area (Å²) >= 11 is 5.76. The lowest BCUT2D eigenvalue weighted by molar-refractivity contribution is -0.129. The van der Waals surface area contributed by atoms with Gasteiger partial charge in [-0.05, 0) is 37.1 Å². The van der Waals surface area contributed by atoms with E-state index in [0.29, 0.717) is 30.1 Å². The minimum Gasteiger partial charge on any atom is -0.320 e. The minimum absolute atomic E-state index is 0.348. The Bertz CT molecular complexity index is 522. The van der Waals surface area contributed by atoms with E-state index in [-0.39, 0.29) is 5.91 Å². The smallest absolute Gasteiger partial charge is 0.320 e. The van der Waals surface area contributed by atoms with E-state index < -0.39 is 13.6 Å². The maximum Gasteiger partial charge on any atom is 0.330 e. The van der Waals surface area contributed by atoms with Crippen LogP contribution in [0.3, 0.4) is 0 Å². The van der Waals surface area contributed by atoms with Gasteiger partial charge in [0.1, 0.15) is 0 Å². The lowest BCUT2D eigenvalue weighted by atomic mass is 10.1. The second-order valence-corrected chi connectivity index (χ2v) is 6.84. The van der Waals surface area contributed by atoms with Crippen molar-refractivity contribution < 1.29 is 9.36 Å². The Morgan fingerprint density at radius 2 is 2.00 bits per heavy atom. The van der Waals surface area contributed by atoms with Gasteiger partial charge in [0.05, 0.1) is 6.04 Å². The lowest BCUT2D eigenvalue weighted by Crippen LogP contribution is -2.48. The Morgan fingerprint density at radius 1 is 1.37 bits per heavy atom. The molecule has 8 heteroatoms. The molecule has 1 saturated heterocycles. The molecule has 1 amide bonds. The molecule has 1 aromatic rings. The Kier molecular flexibility index (Phi) is 4.16. The van der Waals surface area contributed by atoms with Crippen LogP contribution in [0.25, 0.3) is 0 Å². The van der Waals surface area contributed by atoms with Gasteiger partial charge in [-0.3, -0.25) is 14.0 Å². The van der Waals surface area contributed by atoms with Gasteiger partial charge >= 0.3 is 7.59 Å². The van der Waals surface area contributed by atoms with Gasteiger partial charge in [-0.2, -0.15) is 0 Å². The summed E-state index contributed by atoms with van der Waals surface area (Å²) in [6.45, 7) is 0.348.